The third-order valence-corrected chi connectivity index (χ3v) is 7.91. The molecule has 2 aliphatic rings. The van der Waals surface area contributed by atoms with Gasteiger partial charge in [-0.15, -0.1) is 0 Å². The van der Waals surface area contributed by atoms with Crippen LogP contribution in [0.15, 0.2) is 58.4 Å². The van der Waals surface area contributed by atoms with Crippen LogP contribution >= 0.6 is 0 Å². The molecule has 5 N–H and O–H groups in total. The van der Waals surface area contributed by atoms with Crippen molar-refractivity contribution in [1.29, 1.82) is 0 Å². The molecule has 3 aromatic carbocycles. The number of alkyl halides is 2. The number of aromatic nitrogens is 2. The van der Waals surface area contributed by atoms with Crippen LogP contribution in [0.25, 0.3) is 0 Å². The number of halogens is 2. The summed E-state index contributed by atoms with van der Waals surface area (Å²) in [6, 6.07) is 9.82. The number of anilines is 2. The molecule has 2 heterocycles. The first-order valence-corrected chi connectivity index (χ1v) is 13.5. The predicted molar refractivity (Wildman–Crippen MR) is 152 cm³/mol. The van der Waals surface area contributed by atoms with Crippen LogP contribution in [0.4, 0.5) is 20.2 Å². The van der Waals surface area contributed by atoms with E-state index in [4.69, 9.17) is 5.73 Å². The molecule has 0 saturated carbocycles. The van der Waals surface area contributed by atoms with E-state index in [2.05, 4.69) is 20.6 Å². The number of carboxylic acid groups (broad SMARTS) is 1. The van der Waals surface area contributed by atoms with Crippen LogP contribution in [0.3, 0.4) is 0 Å². The fourth-order valence-electron chi connectivity index (χ4n) is 5.71. The fraction of sp³-hybridized carbons (Fsp3) is 0.233. The van der Waals surface area contributed by atoms with Crippen molar-refractivity contribution < 1.29 is 28.3 Å². The summed E-state index contributed by atoms with van der Waals surface area (Å²) >= 11 is 0. The van der Waals surface area contributed by atoms with Gasteiger partial charge in [-0.05, 0) is 47.2 Å². The number of nitrogens with two attached hydrogens (primary N) is 1. The van der Waals surface area contributed by atoms with Gasteiger partial charge in [-0.25, -0.2) is 14.8 Å². The smallest absolute Gasteiger partial charge is 0.335 e. The summed E-state index contributed by atoms with van der Waals surface area (Å²) in [7, 11) is 0. The largest absolute Gasteiger partial charge is 0.478 e. The number of amides is 2. The molecule has 0 bridgehead atoms. The van der Waals surface area contributed by atoms with E-state index in [9.17, 15) is 37.9 Å². The van der Waals surface area contributed by atoms with E-state index in [1.54, 1.807) is 12.1 Å². The molecule has 1 aromatic heterocycles. The first-order valence-electron chi connectivity index (χ1n) is 13.5. The van der Waals surface area contributed by atoms with E-state index in [1.165, 1.54) is 30.3 Å². The lowest BCUT2D eigenvalue weighted by molar-refractivity contribution is -0.00254. The van der Waals surface area contributed by atoms with E-state index in [0.717, 1.165) is 22.4 Å². The molecule has 14 heteroatoms. The maximum absolute atomic E-state index is 14.9. The van der Waals surface area contributed by atoms with Crippen molar-refractivity contribution in [3.8, 4) is 0 Å². The van der Waals surface area contributed by atoms with Gasteiger partial charge in [-0.2, -0.15) is 8.78 Å². The molecular formula is C30H24F2N6O6. The molecule has 224 valence electrons. The minimum atomic E-state index is -3.30. The highest BCUT2D eigenvalue weighted by molar-refractivity contribution is 5.97. The number of aryl methyl sites for hydroxylation is 1. The average molecular weight is 603 g/mol. The Kier molecular flexibility index (Phi) is 6.91. The van der Waals surface area contributed by atoms with Gasteiger partial charge in [-0.3, -0.25) is 19.2 Å². The number of nitrogens with zero attached hydrogens (tertiary/aromatic N) is 3. The number of carboxylic acids is 1. The standard InChI is InChI=1S/C30H24F2N6O6/c31-30(32)12-38(24-23(33)25(39)26(24)40)11-17-7-14(1-5-19(17)30)10-34-27(41)21-9-22(36-13-35-21)28(42)37-20-6-3-15-8-16(29(43)44)2-4-18(15)20/h1-2,4-5,7-9,13,20H,3,6,10-12,33H2,(H,34,41)(H,37,42)(H,43,44)/t20-/m0/s1. The number of fused-ring (bicyclic) bond motifs is 2. The summed E-state index contributed by atoms with van der Waals surface area (Å²) in [5.74, 6) is -5.50. The SMILES string of the molecule is Nc1c(N2Cc3cc(CNC(=O)c4cc(C(=O)N[C@H]5CCc6cc(C(=O)O)ccc65)ncn4)ccc3C(F)(F)C2)c(=O)c1=O. The van der Waals surface area contributed by atoms with Gasteiger partial charge in [0.15, 0.2) is 0 Å². The Morgan fingerprint density at radius 1 is 1.00 bits per heavy atom. The highest BCUT2D eigenvalue weighted by atomic mass is 19.3. The molecule has 1 aliphatic carbocycles. The number of benzene rings is 2. The average Bonchev–Trinajstić information content (AvgIpc) is 3.41. The number of aromatic carboxylic acids is 1. The van der Waals surface area contributed by atoms with E-state index >= 15 is 0 Å². The molecule has 44 heavy (non-hydrogen) atoms. The lowest BCUT2D eigenvalue weighted by Crippen LogP contribution is -2.48. The quantitative estimate of drug-likeness (QED) is 0.228. The second kappa shape index (κ2) is 10.6. The number of nitrogen functional groups attached to an aromatic ring is 1. The first-order chi connectivity index (χ1) is 20.9. The number of carbonyl (C=O) groups is 3. The van der Waals surface area contributed by atoms with Gasteiger partial charge < -0.3 is 26.4 Å². The van der Waals surface area contributed by atoms with Gasteiger partial charge in [0.2, 0.25) is 0 Å². The number of nitrogens with one attached hydrogen (secondary N) is 2. The second-order valence-electron chi connectivity index (χ2n) is 10.7. The summed E-state index contributed by atoms with van der Waals surface area (Å²) in [5, 5.41) is 14.7. The Balaban J connectivity index is 1.12. The van der Waals surface area contributed by atoms with Crippen molar-refractivity contribution in [2.75, 3.05) is 17.2 Å². The highest BCUT2D eigenvalue weighted by Gasteiger charge is 2.42. The van der Waals surface area contributed by atoms with E-state index in [-0.39, 0.29) is 58.6 Å². The van der Waals surface area contributed by atoms with Crippen LogP contribution in [0.2, 0.25) is 0 Å². The normalized spacial score (nSPS) is 16.7. The van der Waals surface area contributed by atoms with E-state index in [0.29, 0.717) is 18.4 Å². The number of carbonyl (C=O) groups excluding carboxylic acids is 2. The van der Waals surface area contributed by atoms with E-state index in [1.807, 2.05) is 0 Å². The Hall–Kier alpha value is -5.53. The topological polar surface area (TPSA) is 185 Å². The fourth-order valence-corrected chi connectivity index (χ4v) is 5.71. The van der Waals surface area contributed by atoms with Crippen molar-refractivity contribution in [2.45, 2.75) is 37.9 Å². The second-order valence-corrected chi connectivity index (χ2v) is 10.7. The van der Waals surface area contributed by atoms with Crippen molar-refractivity contribution >= 4 is 29.2 Å². The predicted octanol–water partition coefficient (Wildman–Crippen LogP) is 1.81. The first kappa shape index (κ1) is 28.6. The zero-order valence-corrected chi connectivity index (χ0v) is 22.9. The third kappa shape index (κ3) is 5.03. The summed E-state index contributed by atoms with van der Waals surface area (Å²) in [6.45, 7) is -0.922. The molecule has 2 amide bonds. The van der Waals surface area contributed by atoms with Crippen LogP contribution in [-0.4, -0.2) is 39.4 Å². The monoisotopic (exact) mass is 602 g/mol. The van der Waals surface area contributed by atoms with Crippen molar-refractivity contribution in [3.05, 3.63) is 114 Å². The van der Waals surface area contributed by atoms with Gasteiger partial charge in [0.05, 0.1) is 18.2 Å². The lowest BCUT2D eigenvalue weighted by atomic mass is 9.93. The van der Waals surface area contributed by atoms with Crippen LogP contribution in [0, 0.1) is 0 Å². The summed E-state index contributed by atoms with van der Waals surface area (Å²) < 4.78 is 29.8. The van der Waals surface area contributed by atoms with Gasteiger partial charge in [0.1, 0.15) is 29.1 Å². The highest BCUT2D eigenvalue weighted by Crippen LogP contribution is 2.39. The zero-order valence-electron chi connectivity index (χ0n) is 22.9. The number of hydrogen-bond acceptors (Lipinski definition) is 9. The Bertz CT molecular complexity index is 1940. The Morgan fingerprint density at radius 3 is 2.48 bits per heavy atom. The maximum Gasteiger partial charge on any atom is 0.335 e. The van der Waals surface area contributed by atoms with Gasteiger partial charge in [-0.1, -0.05) is 24.3 Å². The molecule has 0 spiro atoms. The molecule has 1 aliphatic heterocycles. The Labute approximate surface area is 247 Å². The number of hydrogen-bond donors (Lipinski definition) is 4. The molecule has 12 nitrogen and oxygen atoms in total. The molecule has 0 radical (unpaired) electrons. The van der Waals surface area contributed by atoms with Crippen molar-refractivity contribution in [2.24, 2.45) is 0 Å². The van der Waals surface area contributed by atoms with Gasteiger partial charge in [0, 0.05) is 24.7 Å². The summed E-state index contributed by atoms with van der Waals surface area (Å²) in [4.78, 5) is 69.5. The molecule has 6 rings (SSSR count). The van der Waals surface area contributed by atoms with Crippen LogP contribution in [0.1, 0.15) is 71.6 Å². The lowest BCUT2D eigenvalue weighted by Gasteiger charge is -2.36. The maximum atomic E-state index is 14.9. The zero-order chi connectivity index (χ0) is 31.3. The third-order valence-electron chi connectivity index (χ3n) is 7.91. The molecule has 0 unspecified atom stereocenters. The van der Waals surface area contributed by atoms with E-state index < -0.39 is 41.1 Å². The van der Waals surface area contributed by atoms with Gasteiger partial charge >= 0.3 is 5.97 Å². The summed E-state index contributed by atoms with van der Waals surface area (Å²) in [5.41, 5.74) is 5.42. The Morgan fingerprint density at radius 2 is 1.75 bits per heavy atom. The van der Waals surface area contributed by atoms with Crippen LogP contribution in [-0.2, 0) is 25.4 Å². The molecular weight excluding hydrogens is 578 g/mol. The molecule has 1 atom stereocenters. The minimum absolute atomic E-state index is 0.0468. The summed E-state index contributed by atoms with van der Waals surface area (Å²) in [6.07, 6.45) is 2.25. The number of rotatable bonds is 7. The molecule has 4 aromatic rings. The van der Waals surface area contributed by atoms with Crippen molar-refractivity contribution in [1.82, 2.24) is 20.6 Å². The molecule has 0 saturated heterocycles. The molecule has 0 fully saturated rings. The van der Waals surface area contributed by atoms with Crippen LogP contribution < -0.4 is 32.1 Å². The van der Waals surface area contributed by atoms with Gasteiger partial charge in [0.25, 0.3) is 28.6 Å². The minimum Gasteiger partial charge on any atom is -0.478 e. The van der Waals surface area contributed by atoms with Crippen LogP contribution in [0.5, 0.6) is 0 Å². The van der Waals surface area contributed by atoms with Crippen molar-refractivity contribution in [3.63, 3.8) is 0 Å².